The number of likely N-dealkylation sites (tertiary alicyclic amines) is 1. The van der Waals surface area contributed by atoms with Crippen molar-refractivity contribution < 1.29 is 14.7 Å². The average Bonchev–Trinajstić information content (AvgIpc) is 2.17. The third-order valence-electron chi connectivity index (χ3n) is 2.57. The van der Waals surface area contributed by atoms with E-state index in [-0.39, 0.29) is 11.8 Å². The van der Waals surface area contributed by atoms with E-state index in [0.717, 1.165) is 6.42 Å². The number of piperidine rings is 1. The average molecular weight is 214 g/mol. The third kappa shape index (κ3) is 3.51. The van der Waals surface area contributed by atoms with Crippen molar-refractivity contribution in [3.05, 3.63) is 0 Å². The SMILES string of the molecule is CN(C)CC(=O)N1CCCC(C(=O)O)C1. The Labute approximate surface area is 89.7 Å². The predicted octanol–water partition coefficient (Wildman–Crippen LogP) is -0.129. The maximum absolute atomic E-state index is 11.7. The monoisotopic (exact) mass is 214 g/mol. The van der Waals surface area contributed by atoms with E-state index < -0.39 is 5.97 Å². The summed E-state index contributed by atoms with van der Waals surface area (Å²) in [6, 6.07) is 0. The van der Waals surface area contributed by atoms with Gasteiger partial charge in [-0.15, -0.1) is 0 Å². The number of carboxylic acids is 1. The second-order valence-electron chi connectivity index (χ2n) is 4.25. The molecule has 0 aromatic carbocycles. The van der Waals surface area contributed by atoms with Crippen molar-refractivity contribution in [3.63, 3.8) is 0 Å². The highest BCUT2D eigenvalue weighted by Crippen LogP contribution is 2.16. The zero-order valence-electron chi connectivity index (χ0n) is 9.27. The molecule has 0 aromatic heterocycles. The van der Waals surface area contributed by atoms with E-state index in [4.69, 9.17) is 5.11 Å². The molecule has 0 spiro atoms. The summed E-state index contributed by atoms with van der Waals surface area (Å²) in [4.78, 5) is 25.9. The van der Waals surface area contributed by atoms with Gasteiger partial charge in [0, 0.05) is 13.1 Å². The molecule has 0 aliphatic carbocycles. The number of carboxylic acid groups (broad SMARTS) is 1. The van der Waals surface area contributed by atoms with Crippen LogP contribution in [-0.4, -0.2) is 60.5 Å². The van der Waals surface area contributed by atoms with Crippen molar-refractivity contribution in [2.24, 2.45) is 5.92 Å². The van der Waals surface area contributed by atoms with Gasteiger partial charge in [0.2, 0.25) is 5.91 Å². The molecule has 0 radical (unpaired) electrons. The van der Waals surface area contributed by atoms with Crippen LogP contribution < -0.4 is 0 Å². The fourth-order valence-corrected chi connectivity index (χ4v) is 1.78. The number of likely N-dealkylation sites (N-methyl/N-ethyl adjacent to an activating group) is 1. The highest BCUT2D eigenvalue weighted by Gasteiger charge is 2.27. The third-order valence-corrected chi connectivity index (χ3v) is 2.57. The summed E-state index contributed by atoms with van der Waals surface area (Å²) in [5.74, 6) is -1.16. The standard InChI is InChI=1S/C10H18N2O3/c1-11(2)7-9(13)12-5-3-4-8(6-12)10(14)15/h8H,3-7H2,1-2H3,(H,14,15). The van der Waals surface area contributed by atoms with Gasteiger partial charge in [0.1, 0.15) is 0 Å². The highest BCUT2D eigenvalue weighted by atomic mass is 16.4. The van der Waals surface area contributed by atoms with Gasteiger partial charge in [-0.2, -0.15) is 0 Å². The first-order chi connectivity index (χ1) is 7.00. The number of rotatable bonds is 3. The van der Waals surface area contributed by atoms with Gasteiger partial charge in [0.15, 0.2) is 0 Å². The molecule has 0 saturated carbocycles. The summed E-state index contributed by atoms with van der Waals surface area (Å²) in [7, 11) is 3.66. The Morgan fingerprint density at radius 2 is 2.13 bits per heavy atom. The van der Waals surface area contributed by atoms with Crippen molar-refractivity contribution in [2.75, 3.05) is 33.7 Å². The normalized spacial score (nSPS) is 21.8. The molecule has 1 fully saturated rings. The number of nitrogens with zero attached hydrogens (tertiary/aromatic N) is 2. The maximum atomic E-state index is 11.7. The molecule has 15 heavy (non-hydrogen) atoms. The quantitative estimate of drug-likeness (QED) is 0.711. The molecule has 5 heteroatoms. The van der Waals surface area contributed by atoms with Crippen molar-refractivity contribution in [2.45, 2.75) is 12.8 Å². The molecule has 1 rings (SSSR count). The fraction of sp³-hybridized carbons (Fsp3) is 0.800. The number of carbonyl (C=O) groups excluding carboxylic acids is 1. The summed E-state index contributed by atoms with van der Waals surface area (Å²) in [5, 5.41) is 8.87. The Morgan fingerprint density at radius 1 is 1.47 bits per heavy atom. The largest absolute Gasteiger partial charge is 0.481 e. The highest BCUT2D eigenvalue weighted by molar-refractivity contribution is 5.79. The Balaban J connectivity index is 2.48. The van der Waals surface area contributed by atoms with E-state index in [2.05, 4.69) is 0 Å². The molecule has 86 valence electrons. The van der Waals surface area contributed by atoms with Crippen molar-refractivity contribution in [1.29, 1.82) is 0 Å². The summed E-state index contributed by atoms with van der Waals surface area (Å²) < 4.78 is 0. The van der Waals surface area contributed by atoms with Gasteiger partial charge in [0.05, 0.1) is 12.5 Å². The zero-order valence-corrected chi connectivity index (χ0v) is 9.27. The van der Waals surface area contributed by atoms with Gasteiger partial charge in [-0.25, -0.2) is 0 Å². The Kier molecular flexibility index (Phi) is 4.08. The number of hydrogen-bond acceptors (Lipinski definition) is 3. The summed E-state index contributed by atoms with van der Waals surface area (Å²) in [6.45, 7) is 1.41. The number of aliphatic carboxylic acids is 1. The molecule has 1 heterocycles. The van der Waals surface area contributed by atoms with Crippen LogP contribution >= 0.6 is 0 Å². The van der Waals surface area contributed by atoms with E-state index in [1.807, 2.05) is 14.1 Å². The molecule has 1 aliphatic rings. The molecular weight excluding hydrogens is 196 g/mol. The molecule has 1 aliphatic heterocycles. The van der Waals surface area contributed by atoms with Gasteiger partial charge in [0.25, 0.3) is 0 Å². The Bertz CT molecular complexity index is 253. The van der Waals surface area contributed by atoms with E-state index >= 15 is 0 Å². The number of amides is 1. The molecule has 1 saturated heterocycles. The minimum Gasteiger partial charge on any atom is -0.481 e. The van der Waals surface area contributed by atoms with E-state index in [9.17, 15) is 9.59 Å². The van der Waals surface area contributed by atoms with E-state index in [1.165, 1.54) is 0 Å². The van der Waals surface area contributed by atoms with Crippen LogP contribution in [0.2, 0.25) is 0 Å². The first kappa shape index (κ1) is 12.0. The topological polar surface area (TPSA) is 60.9 Å². The molecule has 1 atom stereocenters. The first-order valence-corrected chi connectivity index (χ1v) is 5.16. The molecule has 1 amide bonds. The zero-order chi connectivity index (χ0) is 11.4. The van der Waals surface area contributed by atoms with Crippen molar-refractivity contribution in [3.8, 4) is 0 Å². The second-order valence-corrected chi connectivity index (χ2v) is 4.25. The van der Waals surface area contributed by atoms with Crippen LogP contribution in [0.5, 0.6) is 0 Å². The van der Waals surface area contributed by atoms with Gasteiger partial charge in [-0.1, -0.05) is 0 Å². The summed E-state index contributed by atoms with van der Waals surface area (Å²) in [6.07, 6.45) is 1.47. The van der Waals surface area contributed by atoms with Crippen LogP contribution in [0, 0.1) is 5.92 Å². The lowest BCUT2D eigenvalue weighted by atomic mass is 9.98. The van der Waals surface area contributed by atoms with Crippen LogP contribution in [-0.2, 0) is 9.59 Å². The molecule has 1 unspecified atom stereocenters. The molecular formula is C10H18N2O3. The fourth-order valence-electron chi connectivity index (χ4n) is 1.78. The van der Waals surface area contributed by atoms with Gasteiger partial charge in [-0.3, -0.25) is 9.59 Å². The number of hydrogen-bond donors (Lipinski definition) is 1. The van der Waals surface area contributed by atoms with Gasteiger partial charge >= 0.3 is 5.97 Å². The Morgan fingerprint density at radius 3 is 2.67 bits per heavy atom. The van der Waals surface area contributed by atoms with Crippen LogP contribution in [0.3, 0.4) is 0 Å². The van der Waals surface area contributed by atoms with Gasteiger partial charge < -0.3 is 14.9 Å². The van der Waals surface area contributed by atoms with E-state index in [1.54, 1.807) is 9.80 Å². The predicted molar refractivity (Wildman–Crippen MR) is 55.5 cm³/mol. The van der Waals surface area contributed by atoms with Crippen LogP contribution in [0.15, 0.2) is 0 Å². The van der Waals surface area contributed by atoms with Crippen molar-refractivity contribution >= 4 is 11.9 Å². The maximum Gasteiger partial charge on any atom is 0.308 e. The Hall–Kier alpha value is -1.10. The van der Waals surface area contributed by atoms with Gasteiger partial charge in [-0.05, 0) is 26.9 Å². The summed E-state index contributed by atoms with van der Waals surface area (Å²) >= 11 is 0. The second kappa shape index (κ2) is 5.11. The smallest absolute Gasteiger partial charge is 0.308 e. The molecule has 0 aromatic rings. The van der Waals surface area contributed by atoms with E-state index in [0.29, 0.717) is 26.1 Å². The lowest BCUT2D eigenvalue weighted by Gasteiger charge is -2.31. The minimum absolute atomic E-state index is 0.0194. The summed E-state index contributed by atoms with van der Waals surface area (Å²) in [5.41, 5.74) is 0. The van der Waals surface area contributed by atoms with Crippen LogP contribution in [0.4, 0.5) is 0 Å². The lowest BCUT2D eigenvalue weighted by molar-refractivity contribution is -0.145. The molecule has 0 bridgehead atoms. The van der Waals surface area contributed by atoms with Crippen molar-refractivity contribution in [1.82, 2.24) is 9.80 Å². The van der Waals surface area contributed by atoms with Crippen LogP contribution in [0.25, 0.3) is 0 Å². The first-order valence-electron chi connectivity index (χ1n) is 5.16. The number of carbonyl (C=O) groups is 2. The lowest BCUT2D eigenvalue weighted by Crippen LogP contribution is -2.45. The van der Waals surface area contributed by atoms with Crippen LogP contribution in [0.1, 0.15) is 12.8 Å². The molecule has 1 N–H and O–H groups in total. The molecule has 5 nitrogen and oxygen atoms in total. The minimum atomic E-state index is -0.794.